The van der Waals surface area contributed by atoms with E-state index in [1.165, 1.54) is 16.7 Å². The Kier molecular flexibility index (Phi) is 10.6. The maximum atomic E-state index is 14.0. The fourth-order valence-corrected chi connectivity index (χ4v) is 5.40. The van der Waals surface area contributed by atoms with E-state index in [1.807, 2.05) is 6.07 Å². The molecule has 12 nitrogen and oxygen atoms in total. The molecule has 2 atom stereocenters. The molecule has 234 valence electrons. The van der Waals surface area contributed by atoms with Gasteiger partial charge in [-0.1, -0.05) is 32.5 Å². The topological polar surface area (TPSA) is 173 Å². The second-order valence-corrected chi connectivity index (χ2v) is 16.9. The Balaban J connectivity index is 2.33. The van der Waals surface area contributed by atoms with E-state index < -0.39 is 50.0 Å². The summed E-state index contributed by atoms with van der Waals surface area (Å²) in [7, 11) is -0.374. The number of nitrogens with zero attached hydrogens (tertiary/aromatic N) is 4. The number of imidazole rings is 1. The maximum Gasteiger partial charge on any atom is 0.471 e. The van der Waals surface area contributed by atoms with Crippen LogP contribution >= 0.6 is 0 Å². The molecule has 1 aliphatic rings. The van der Waals surface area contributed by atoms with Crippen molar-refractivity contribution in [3.8, 4) is 17.3 Å². The van der Waals surface area contributed by atoms with Crippen LogP contribution in [0.1, 0.15) is 43.2 Å². The number of anilines is 2. The molecule has 0 unspecified atom stereocenters. The Morgan fingerprint density at radius 2 is 1.91 bits per heavy atom. The van der Waals surface area contributed by atoms with Crippen LogP contribution in [-0.2, 0) is 25.8 Å². The zero-order valence-electron chi connectivity index (χ0n) is 24.3. The second-order valence-electron chi connectivity index (χ2n) is 11.3. The number of aromatic nitrogens is 2. The largest absolute Gasteiger partial charge is 0.480 e. The number of amides is 2. The van der Waals surface area contributed by atoms with Gasteiger partial charge in [0.05, 0.1) is 18.8 Å². The van der Waals surface area contributed by atoms with Crippen LogP contribution < -0.4 is 16.0 Å². The predicted molar refractivity (Wildman–Crippen MR) is 153 cm³/mol. The first kappa shape index (κ1) is 33.6. The number of benzene rings is 1. The number of carbonyl (C=O) groups excluding carboxylic acids is 2. The number of carboxylic acids is 1. The number of halogens is 3. The molecule has 2 heterocycles. The van der Waals surface area contributed by atoms with Crippen molar-refractivity contribution in [1.29, 1.82) is 5.26 Å². The number of hydrogen-bond acceptors (Lipinski definition) is 8. The molecule has 3 rings (SSSR count). The number of nitrogens with one attached hydrogen (secondary N) is 1. The Hall–Kier alpha value is -3.94. The third kappa shape index (κ3) is 8.12. The highest BCUT2D eigenvalue weighted by Crippen LogP contribution is 2.40. The molecule has 1 aliphatic heterocycles. The summed E-state index contributed by atoms with van der Waals surface area (Å²) in [6.45, 7) is 6.81. The second kappa shape index (κ2) is 13.6. The van der Waals surface area contributed by atoms with E-state index >= 15 is 0 Å². The molecule has 16 heteroatoms. The van der Waals surface area contributed by atoms with E-state index in [1.54, 1.807) is 0 Å². The number of methoxy groups -OCH3 is 1. The smallest absolute Gasteiger partial charge is 0.471 e. The quantitative estimate of drug-likeness (QED) is 0.288. The summed E-state index contributed by atoms with van der Waals surface area (Å²) < 4.78 is 53.9. The molecule has 0 fully saturated rings. The first-order valence-corrected chi connectivity index (χ1v) is 17.3. The molecular weight excluding hydrogens is 589 g/mol. The van der Waals surface area contributed by atoms with E-state index in [-0.39, 0.29) is 59.4 Å². The summed E-state index contributed by atoms with van der Waals surface area (Å²) in [5.74, 6) is -3.84. The van der Waals surface area contributed by atoms with Crippen molar-refractivity contribution in [1.82, 2.24) is 9.55 Å². The number of nitriles is 1. The van der Waals surface area contributed by atoms with Crippen LogP contribution in [0.4, 0.5) is 29.3 Å². The number of carbonyl (C=O) groups is 3. The summed E-state index contributed by atoms with van der Waals surface area (Å²) in [5, 5.41) is 22.6. The minimum atomic E-state index is -5.46. The molecule has 1 aromatic carbocycles. The highest BCUT2D eigenvalue weighted by Gasteiger charge is 2.48. The fourth-order valence-electron chi connectivity index (χ4n) is 4.65. The highest BCUT2D eigenvalue weighted by atomic mass is 28.3. The van der Waals surface area contributed by atoms with Gasteiger partial charge in [-0.05, 0) is 37.1 Å². The molecule has 0 aliphatic carbocycles. The van der Waals surface area contributed by atoms with Crippen molar-refractivity contribution in [2.75, 3.05) is 23.9 Å². The van der Waals surface area contributed by atoms with E-state index in [2.05, 4.69) is 34.7 Å². The third-order valence-corrected chi connectivity index (χ3v) is 8.60. The highest BCUT2D eigenvalue weighted by molar-refractivity contribution is 6.76. The van der Waals surface area contributed by atoms with Crippen molar-refractivity contribution in [3.63, 3.8) is 0 Å². The van der Waals surface area contributed by atoms with Gasteiger partial charge in [-0.25, -0.2) is 14.6 Å². The number of alkyl halides is 3. The van der Waals surface area contributed by atoms with Crippen LogP contribution in [0.3, 0.4) is 0 Å². The van der Waals surface area contributed by atoms with Gasteiger partial charge in [0, 0.05) is 25.9 Å². The third-order valence-electron chi connectivity index (χ3n) is 6.90. The van der Waals surface area contributed by atoms with Crippen LogP contribution in [-0.4, -0.2) is 66.6 Å². The van der Waals surface area contributed by atoms with Crippen molar-refractivity contribution in [2.45, 2.75) is 76.4 Å². The fraction of sp³-hybridized carbons (Fsp3) is 0.519. The number of carboxylic acid groups (broad SMARTS) is 1. The molecule has 4 N–H and O–H groups in total. The standard InChI is InChI=1S/C27H35F3N6O6Si/c1-41-26(40)33-16-9-10-17-20(13-16)36(25(39)27(28,29)30)19(24(37)38)8-6-5-7-18(32)23-34-22(17)21(14-31)35(23)15-42-11-12-43(2,3)4/h9-10,13,18-19H,5-8,11-12,15,32H2,1-4H3,(H,33,40)(H,37,38)/t18-,19+/m0/s1. The van der Waals surface area contributed by atoms with Crippen LogP contribution in [0.2, 0.25) is 25.7 Å². The minimum absolute atomic E-state index is 0.0913. The number of ether oxygens (including phenoxy) is 2. The Morgan fingerprint density at radius 3 is 2.49 bits per heavy atom. The van der Waals surface area contributed by atoms with Gasteiger partial charge in [-0.15, -0.1) is 0 Å². The van der Waals surface area contributed by atoms with Crippen LogP contribution in [0.5, 0.6) is 0 Å². The van der Waals surface area contributed by atoms with Crippen LogP contribution in [0.15, 0.2) is 18.2 Å². The van der Waals surface area contributed by atoms with Crippen molar-refractivity contribution >= 4 is 37.4 Å². The van der Waals surface area contributed by atoms with Gasteiger partial charge in [0.25, 0.3) is 0 Å². The molecule has 2 aromatic rings. The van der Waals surface area contributed by atoms with Crippen LogP contribution in [0, 0.1) is 11.3 Å². The minimum Gasteiger partial charge on any atom is -0.480 e. The van der Waals surface area contributed by atoms with Gasteiger partial charge in [0.2, 0.25) is 0 Å². The van der Waals surface area contributed by atoms with Crippen molar-refractivity contribution in [2.24, 2.45) is 5.73 Å². The number of hydrogen-bond donors (Lipinski definition) is 3. The average molecular weight is 625 g/mol. The SMILES string of the molecule is COC(=O)Nc1ccc2c(c1)N(C(=O)C(F)(F)F)[C@@H](C(=O)O)CCCC[C@H](N)c1nc-2c(C#N)n1COCC[Si](C)(C)C. The molecule has 43 heavy (non-hydrogen) atoms. The predicted octanol–water partition coefficient (Wildman–Crippen LogP) is 4.83. The van der Waals surface area contributed by atoms with Crippen LogP contribution in [0.25, 0.3) is 11.3 Å². The lowest BCUT2D eigenvalue weighted by atomic mass is 10.00. The maximum absolute atomic E-state index is 14.0. The van der Waals surface area contributed by atoms with E-state index in [0.29, 0.717) is 13.0 Å². The Labute approximate surface area is 247 Å². The summed E-state index contributed by atoms with van der Waals surface area (Å²) >= 11 is 0. The normalized spacial score (nSPS) is 17.6. The average Bonchev–Trinajstić information content (AvgIpc) is 3.29. The number of fused-ring (bicyclic) bond motifs is 4. The molecule has 0 spiro atoms. The lowest BCUT2D eigenvalue weighted by Gasteiger charge is -2.31. The molecule has 0 radical (unpaired) electrons. The van der Waals surface area contributed by atoms with Gasteiger partial charge in [-0.3, -0.25) is 19.6 Å². The molecule has 2 bridgehead atoms. The van der Waals surface area contributed by atoms with Crippen molar-refractivity contribution in [3.05, 3.63) is 29.7 Å². The Morgan fingerprint density at radius 1 is 1.23 bits per heavy atom. The summed E-state index contributed by atoms with van der Waals surface area (Å²) in [6.07, 6.45) is -6.03. The monoisotopic (exact) mass is 624 g/mol. The molecule has 1 aromatic heterocycles. The van der Waals surface area contributed by atoms with E-state index in [9.17, 15) is 37.9 Å². The van der Waals surface area contributed by atoms with Gasteiger partial charge in [0.15, 0.2) is 0 Å². The molecule has 2 amide bonds. The summed E-state index contributed by atoms with van der Waals surface area (Å²) in [4.78, 5) is 41.9. The summed E-state index contributed by atoms with van der Waals surface area (Å²) in [6, 6.07) is 3.79. The zero-order chi connectivity index (χ0) is 32.1. The lowest BCUT2D eigenvalue weighted by Crippen LogP contribution is -2.51. The molecule has 0 saturated carbocycles. The van der Waals surface area contributed by atoms with E-state index in [4.69, 9.17) is 10.5 Å². The first-order chi connectivity index (χ1) is 20.1. The van der Waals surface area contributed by atoms with Gasteiger partial charge >= 0.3 is 24.1 Å². The van der Waals surface area contributed by atoms with Crippen molar-refractivity contribution < 1.29 is 42.1 Å². The van der Waals surface area contributed by atoms with Gasteiger partial charge < -0.3 is 20.3 Å². The zero-order valence-corrected chi connectivity index (χ0v) is 25.3. The summed E-state index contributed by atoms with van der Waals surface area (Å²) in [5.41, 5.74) is 5.49. The molecule has 0 saturated heterocycles. The van der Waals surface area contributed by atoms with Gasteiger partial charge in [-0.2, -0.15) is 18.4 Å². The number of aliphatic carboxylic acids is 1. The van der Waals surface area contributed by atoms with Gasteiger partial charge in [0.1, 0.15) is 36.1 Å². The number of nitrogens with two attached hydrogens (primary N) is 1. The number of rotatable bonds is 7. The lowest BCUT2D eigenvalue weighted by molar-refractivity contribution is -0.171. The molecular formula is C27H35F3N6O6Si. The van der Waals surface area contributed by atoms with E-state index in [0.717, 1.165) is 19.2 Å². The first-order valence-electron chi connectivity index (χ1n) is 13.6. The Bertz CT molecular complexity index is 1400.